The van der Waals surface area contributed by atoms with Crippen molar-refractivity contribution in [2.24, 2.45) is 0 Å². The number of fused-ring (bicyclic) bond motifs is 1. The summed E-state index contributed by atoms with van der Waals surface area (Å²) in [6.45, 7) is 11.5. The Morgan fingerprint density at radius 1 is 1.09 bits per heavy atom. The molecule has 2 atom stereocenters. The molecule has 0 spiro atoms. The van der Waals surface area contributed by atoms with E-state index in [1.54, 1.807) is 11.0 Å². The van der Waals surface area contributed by atoms with Crippen LogP contribution >= 0.6 is 0 Å². The number of aliphatic hydroxyl groups excluding tert-OH is 1. The van der Waals surface area contributed by atoms with E-state index in [9.17, 15) is 14.7 Å². The topological polar surface area (TPSA) is 70.1 Å². The van der Waals surface area contributed by atoms with E-state index in [4.69, 9.17) is 4.74 Å². The van der Waals surface area contributed by atoms with Crippen molar-refractivity contribution in [3.8, 4) is 5.75 Å². The lowest BCUT2D eigenvalue weighted by Gasteiger charge is -2.27. The van der Waals surface area contributed by atoms with E-state index < -0.39 is 17.7 Å². The Kier molecular flexibility index (Phi) is 7.60. The van der Waals surface area contributed by atoms with Crippen molar-refractivity contribution in [1.29, 1.82) is 0 Å². The maximum Gasteiger partial charge on any atom is 0.295 e. The van der Waals surface area contributed by atoms with Gasteiger partial charge in [0.2, 0.25) is 0 Å². The van der Waals surface area contributed by atoms with E-state index in [1.165, 1.54) is 5.56 Å². The second-order valence-corrected chi connectivity index (χ2v) is 9.42. The van der Waals surface area contributed by atoms with Gasteiger partial charge in [0.15, 0.2) is 0 Å². The van der Waals surface area contributed by atoms with Gasteiger partial charge in [-0.25, -0.2) is 0 Å². The van der Waals surface area contributed by atoms with Gasteiger partial charge in [0.05, 0.1) is 11.6 Å². The second kappa shape index (κ2) is 10.6. The summed E-state index contributed by atoms with van der Waals surface area (Å²) in [6.07, 6.45) is 2.49. The number of ketones is 1. The van der Waals surface area contributed by atoms with Gasteiger partial charge >= 0.3 is 0 Å². The Morgan fingerprint density at radius 2 is 1.80 bits per heavy atom. The van der Waals surface area contributed by atoms with Crippen molar-refractivity contribution in [3.05, 3.63) is 70.3 Å². The number of benzene rings is 2. The Morgan fingerprint density at radius 3 is 2.46 bits per heavy atom. The van der Waals surface area contributed by atoms with Gasteiger partial charge < -0.3 is 19.6 Å². The molecule has 2 aliphatic heterocycles. The molecule has 1 amide bonds. The summed E-state index contributed by atoms with van der Waals surface area (Å²) in [5.41, 5.74) is 3.72. The molecule has 2 aliphatic rings. The smallest absolute Gasteiger partial charge is 0.295 e. The lowest BCUT2D eigenvalue weighted by molar-refractivity contribution is -0.140. The average molecular weight is 477 g/mol. The van der Waals surface area contributed by atoms with Crippen molar-refractivity contribution in [2.75, 3.05) is 26.2 Å². The van der Waals surface area contributed by atoms with Gasteiger partial charge in [0, 0.05) is 18.5 Å². The predicted molar refractivity (Wildman–Crippen MR) is 137 cm³/mol. The first-order chi connectivity index (χ1) is 16.9. The van der Waals surface area contributed by atoms with Crippen molar-refractivity contribution < 1.29 is 19.4 Å². The molecule has 2 heterocycles. The zero-order valence-electron chi connectivity index (χ0n) is 21.2. The molecule has 35 heavy (non-hydrogen) atoms. The van der Waals surface area contributed by atoms with E-state index in [2.05, 4.69) is 25.7 Å². The molecule has 1 N–H and O–H groups in total. The molecule has 0 unspecified atom stereocenters. The number of likely N-dealkylation sites (tertiary alicyclic amines) is 1. The molecular weight excluding hydrogens is 440 g/mol. The van der Waals surface area contributed by atoms with Gasteiger partial charge in [-0.05, 0) is 74.3 Å². The minimum absolute atomic E-state index is 0.0795. The van der Waals surface area contributed by atoms with Crippen LogP contribution in [0, 0.1) is 0 Å². The third-order valence-corrected chi connectivity index (χ3v) is 7.18. The SMILES string of the molecule is CCc1ccc([C@H]2C(=C(O)c3ccc4c(c3)C[C@H](C)O4)C(=O)C(=O)N2CCCN(CC)CC)cc1. The zero-order chi connectivity index (χ0) is 25.1. The number of aliphatic hydroxyl groups is 1. The number of Topliss-reactive ketones (excluding diaryl/α,β-unsaturated/α-hetero) is 1. The number of carbonyl (C=O) groups is 2. The van der Waals surface area contributed by atoms with Crippen LogP contribution in [0.1, 0.15) is 62.4 Å². The second-order valence-electron chi connectivity index (χ2n) is 9.42. The molecule has 1 saturated heterocycles. The Balaban J connectivity index is 1.73. The van der Waals surface area contributed by atoms with Crippen molar-refractivity contribution in [1.82, 2.24) is 9.80 Å². The van der Waals surface area contributed by atoms with Crippen LogP contribution in [0.5, 0.6) is 5.75 Å². The van der Waals surface area contributed by atoms with Crippen LogP contribution in [0.4, 0.5) is 0 Å². The van der Waals surface area contributed by atoms with Crippen LogP contribution in [-0.2, 0) is 22.4 Å². The van der Waals surface area contributed by atoms with E-state index in [0.29, 0.717) is 12.1 Å². The highest BCUT2D eigenvalue weighted by Crippen LogP contribution is 2.40. The molecule has 0 aliphatic carbocycles. The first kappa shape index (κ1) is 25.0. The van der Waals surface area contributed by atoms with Gasteiger partial charge in [-0.1, -0.05) is 45.0 Å². The largest absolute Gasteiger partial charge is 0.507 e. The summed E-state index contributed by atoms with van der Waals surface area (Å²) in [7, 11) is 0. The first-order valence-corrected chi connectivity index (χ1v) is 12.8. The summed E-state index contributed by atoms with van der Waals surface area (Å²) in [5.74, 6) is -0.493. The maximum atomic E-state index is 13.3. The molecule has 1 fully saturated rings. The average Bonchev–Trinajstić information content (AvgIpc) is 3.37. The highest BCUT2D eigenvalue weighted by atomic mass is 16.5. The van der Waals surface area contributed by atoms with Crippen molar-refractivity contribution >= 4 is 17.4 Å². The number of aryl methyl sites for hydroxylation is 1. The quantitative estimate of drug-likeness (QED) is 0.322. The number of ether oxygens (including phenoxy) is 1. The number of hydrogen-bond acceptors (Lipinski definition) is 5. The summed E-state index contributed by atoms with van der Waals surface area (Å²) in [4.78, 5) is 30.4. The molecule has 6 heteroatoms. The summed E-state index contributed by atoms with van der Waals surface area (Å²) < 4.78 is 5.79. The normalized spacial score (nSPS) is 21.0. The lowest BCUT2D eigenvalue weighted by atomic mass is 9.93. The lowest BCUT2D eigenvalue weighted by Crippen LogP contribution is -2.33. The maximum absolute atomic E-state index is 13.3. The molecule has 6 nitrogen and oxygen atoms in total. The monoisotopic (exact) mass is 476 g/mol. The number of hydrogen-bond donors (Lipinski definition) is 1. The minimum atomic E-state index is -0.625. The molecule has 186 valence electrons. The minimum Gasteiger partial charge on any atom is -0.507 e. The van der Waals surface area contributed by atoms with Crippen molar-refractivity contribution in [3.63, 3.8) is 0 Å². The molecule has 0 saturated carbocycles. The van der Waals surface area contributed by atoms with Crippen LogP contribution in [0.2, 0.25) is 0 Å². The third kappa shape index (κ3) is 4.98. The molecule has 2 aromatic rings. The van der Waals surface area contributed by atoms with Gasteiger partial charge in [-0.15, -0.1) is 0 Å². The number of amides is 1. The van der Waals surface area contributed by atoms with E-state index in [-0.39, 0.29) is 17.4 Å². The van der Waals surface area contributed by atoms with Crippen LogP contribution < -0.4 is 4.74 Å². The summed E-state index contributed by atoms with van der Waals surface area (Å²) in [5, 5.41) is 11.4. The number of nitrogens with zero attached hydrogens (tertiary/aromatic N) is 2. The Hall–Kier alpha value is -3.12. The van der Waals surface area contributed by atoms with Crippen LogP contribution in [0.25, 0.3) is 5.76 Å². The molecule has 0 aromatic heterocycles. The van der Waals surface area contributed by atoms with Crippen LogP contribution in [0.15, 0.2) is 48.0 Å². The van der Waals surface area contributed by atoms with E-state index >= 15 is 0 Å². The van der Waals surface area contributed by atoms with Crippen molar-refractivity contribution in [2.45, 2.75) is 59.1 Å². The molecular formula is C29H36N2O4. The summed E-state index contributed by atoms with van der Waals surface area (Å²) >= 11 is 0. The highest BCUT2D eigenvalue weighted by molar-refractivity contribution is 6.46. The van der Waals surface area contributed by atoms with Crippen LogP contribution in [-0.4, -0.2) is 58.9 Å². The van der Waals surface area contributed by atoms with E-state index in [0.717, 1.165) is 55.8 Å². The van der Waals surface area contributed by atoms with Gasteiger partial charge in [0.25, 0.3) is 11.7 Å². The van der Waals surface area contributed by atoms with Gasteiger partial charge in [-0.2, -0.15) is 0 Å². The molecule has 2 aromatic carbocycles. The predicted octanol–water partition coefficient (Wildman–Crippen LogP) is 4.73. The highest BCUT2D eigenvalue weighted by Gasteiger charge is 2.45. The number of carbonyl (C=O) groups excluding carboxylic acids is 2. The third-order valence-electron chi connectivity index (χ3n) is 7.18. The molecule has 0 radical (unpaired) electrons. The summed E-state index contributed by atoms with van der Waals surface area (Å²) in [6, 6.07) is 12.9. The zero-order valence-corrected chi connectivity index (χ0v) is 21.2. The number of rotatable bonds is 9. The Bertz CT molecular complexity index is 1120. The first-order valence-electron chi connectivity index (χ1n) is 12.8. The van der Waals surface area contributed by atoms with Gasteiger partial charge in [-0.3, -0.25) is 9.59 Å². The fraction of sp³-hybridized carbons (Fsp3) is 0.448. The van der Waals surface area contributed by atoms with Crippen LogP contribution in [0.3, 0.4) is 0 Å². The van der Waals surface area contributed by atoms with Gasteiger partial charge in [0.1, 0.15) is 17.6 Å². The fourth-order valence-corrected chi connectivity index (χ4v) is 5.12. The molecule has 4 rings (SSSR count). The standard InChI is InChI=1S/C29H36N2O4/c1-5-20-9-11-21(12-10-20)26-25(27(32)22-13-14-24-23(18-22)17-19(4)35-24)28(33)29(34)31(26)16-8-15-30(6-2)7-3/h9-14,18-19,26,32H,5-8,15-17H2,1-4H3/t19-,26-/m0/s1. The fourth-order valence-electron chi connectivity index (χ4n) is 5.12. The molecule has 0 bridgehead atoms. The van der Waals surface area contributed by atoms with E-state index in [1.807, 2.05) is 43.3 Å². The Labute approximate surface area is 208 Å².